The highest BCUT2D eigenvalue weighted by molar-refractivity contribution is 7.12. The lowest BCUT2D eigenvalue weighted by atomic mass is 10.0. The number of esters is 1. The minimum absolute atomic E-state index is 0.165. The van der Waals surface area contributed by atoms with Crippen LogP contribution in [0.15, 0.2) is 59.7 Å². The van der Waals surface area contributed by atoms with Gasteiger partial charge >= 0.3 is 5.97 Å². The Morgan fingerprint density at radius 2 is 1.90 bits per heavy atom. The van der Waals surface area contributed by atoms with Gasteiger partial charge in [-0.25, -0.2) is 4.79 Å². The summed E-state index contributed by atoms with van der Waals surface area (Å²) in [4.78, 5) is 25.5. The molecular formula is C24H20O4S. The topological polar surface area (TPSA) is 52.6 Å². The van der Waals surface area contributed by atoms with Crippen LogP contribution < -0.4 is 9.47 Å². The maximum atomic E-state index is 12.8. The van der Waals surface area contributed by atoms with Crippen molar-refractivity contribution in [1.29, 1.82) is 0 Å². The summed E-state index contributed by atoms with van der Waals surface area (Å²) >= 11 is 1.32. The van der Waals surface area contributed by atoms with Crippen LogP contribution in [0.3, 0.4) is 0 Å². The van der Waals surface area contributed by atoms with E-state index in [1.807, 2.05) is 24.4 Å². The number of allylic oxidation sites excluding steroid dienone is 1. The summed E-state index contributed by atoms with van der Waals surface area (Å²) in [5, 5.41) is 1.82. The first-order chi connectivity index (χ1) is 13.9. The van der Waals surface area contributed by atoms with Crippen LogP contribution in [0.2, 0.25) is 0 Å². The Morgan fingerprint density at radius 1 is 1.14 bits per heavy atom. The fourth-order valence-electron chi connectivity index (χ4n) is 3.22. The Labute approximate surface area is 173 Å². The lowest BCUT2D eigenvalue weighted by Crippen LogP contribution is -2.06. The molecule has 0 aliphatic carbocycles. The van der Waals surface area contributed by atoms with E-state index in [1.165, 1.54) is 16.9 Å². The van der Waals surface area contributed by atoms with Gasteiger partial charge in [0.2, 0.25) is 5.78 Å². The summed E-state index contributed by atoms with van der Waals surface area (Å²) in [6, 6.07) is 14.8. The number of aryl methyl sites for hydroxylation is 1. The molecule has 0 radical (unpaired) electrons. The van der Waals surface area contributed by atoms with Crippen molar-refractivity contribution in [2.75, 3.05) is 0 Å². The zero-order valence-corrected chi connectivity index (χ0v) is 17.2. The van der Waals surface area contributed by atoms with E-state index >= 15 is 0 Å². The number of carbonyl (C=O) groups excluding carboxylic acids is 2. The molecule has 146 valence electrons. The summed E-state index contributed by atoms with van der Waals surface area (Å²) in [5.74, 6) is 0.890. The number of benzene rings is 2. The third kappa shape index (κ3) is 3.87. The first-order valence-electron chi connectivity index (χ1n) is 9.37. The number of carbonyl (C=O) groups is 2. The zero-order chi connectivity index (χ0) is 20.5. The number of thiophene rings is 1. The molecule has 4 rings (SSSR count). The fraction of sp³-hybridized carbons (Fsp3) is 0.167. The highest BCUT2D eigenvalue weighted by atomic mass is 32.1. The molecule has 1 aliphatic heterocycles. The second-order valence-corrected chi connectivity index (χ2v) is 8.19. The maximum absolute atomic E-state index is 12.8. The number of ether oxygens (including phenoxy) is 2. The van der Waals surface area contributed by atoms with E-state index in [4.69, 9.17) is 9.47 Å². The second-order valence-electron chi connectivity index (χ2n) is 7.24. The third-order valence-electron chi connectivity index (χ3n) is 4.78. The molecule has 0 saturated carbocycles. The average molecular weight is 404 g/mol. The van der Waals surface area contributed by atoms with E-state index in [0.717, 1.165) is 5.56 Å². The van der Waals surface area contributed by atoms with Gasteiger partial charge in [-0.15, -0.1) is 11.3 Å². The Bertz CT molecular complexity index is 1110. The maximum Gasteiger partial charge on any atom is 0.353 e. The molecule has 0 bridgehead atoms. The number of ketones is 1. The van der Waals surface area contributed by atoms with Crippen molar-refractivity contribution in [1.82, 2.24) is 0 Å². The van der Waals surface area contributed by atoms with Crippen LogP contribution >= 0.6 is 11.3 Å². The van der Waals surface area contributed by atoms with Crippen LogP contribution in [0.1, 0.15) is 56.5 Å². The van der Waals surface area contributed by atoms with E-state index < -0.39 is 5.97 Å². The summed E-state index contributed by atoms with van der Waals surface area (Å²) in [6.07, 6.45) is 1.74. The van der Waals surface area contributed by atoms with Crippen molar-refractivity contribution >= 4 is 29.2 Å². The summed E-state index contributed by atoms with van der Waals surface area (Å²) < 4.78 is 11.3. The van der Waals surface area contributed by atoms with Crippen molar-refractivity contribution in [2.45, 2.75) is 26.7 Å². The molecular weight excluding hydrogens is 384 g/mol. The molecule has 29 heavy (non-hydrogen) atoms. The predicted molar refractivity (Wildman–Crippen MR) is 114 cm³/mol. The predicted octanol–water partition coefficient (Wildman–Crippen LogP) is 6.02. The fourth-order valence-corrected chi connectivity index (χ4v) is 3.82. The Hall–Kier alpha value is -3.18. The lowest BCUT2D eigenvalue weighted by molar-refractivity contribution is 0.0739. The quantitative estimate of drug-likeness (QED) is 0.303. The number of hydrogen-bond acceptors (Lipinski definition) is 5. The average Bonchev–Trinajstić information content (AvgIpc) is 3.31. The number of hydrogen-bond donors (Lipinski definition) is 0. The van der Waals surface area contributed by atoms with Crippen LogP contribution in [0, 0.1) is 6.92 Å². The van der Waals surface area contributed by atoms with Crippen molar-refractivity contribution < 1.29 is 19.1 Å². The zero-order valence-electron chi connectivity index (χ0n) is 16.4. The van der Waals surface area contributed by atoms with Crippen LogP contribution in [0.4, 0.5) is 0 Å². The molecule has 0 spiro atoms. The van der Waals surface area contributed by atoms with Gasteiger partial charge in [-0.2, -0.15) is 0 Å². The Balaban J connectivity index is 1.59. The molecule has 0 atom stereocenters. The summed E-state index contributed by atoms with van der Waals surface area (Å²) in [6.45, 7) is 6.08. The van der Waals surface area contributed by atoms with Crippen molar-refractivity contribution in [3.8, 4) is 11.5 Å². The van der Waals surface area contributed by atoms with Gasteiger partial charge in [0.15, 0.2) is 5.76 Å². The van der Waals surface area contributed by atoms with Gasteiger partial charge in [-0.3, -0.25) is 4.79 Å². The van der Waals surface area contributed by atoms with Crippen molar-refractivity contribution in [3.05, 3.63) is 86.8 Å². The molecule has 0 unspecified atom stereocenters. The molecule has 2 aromatic carbocycles. The normalized spacial score (nSPS) is 14.2. The van der Waals surface area contributed by atoms with E-state index in [-0.39, 0.29) is 11.5 Å². The third-order valence-corrected chi connectivity index (χ3v) is 5.63. The molecule has 3 aromatic rings. The molecule has 1 aliphatic rings. The van der Waals surface area contributed by atoms with E-state index in [0.29, 0.717) is 33.4 Å². The largest absolute Gasteiger partial charge is 0.452 e. The molecule has 4 nitrogen and oxygen atoms in total. The summed E-state index contributed by atoms with van der Waals surface area (Å²) in [5.41, 5.74) is 3.35. The first-order valence-corrected chi connectivity index (χ1v) is 10.2. The van der Waals surface area contributed by atoms with Gasteiger partial charge in [-0.05, 0) is 53.1 Å². The SMILES string of the molecule is Cc1cc(OC(=O)c2cccs2)cc2c1C(=O)/C(=C/c1ccc(C(C)C)cc1)O2. The second kappa shape index (κ2) is 7.68. The minimum atomic E-state index is -0.426. The first kappa shape index (κ1) is 19.2. The molecule has 0 fully saturated rings. The highest BCUT2D eigenvalue weighted by Crippen LogP contribution is 2.37. The van der Waals surface area contributed by atoms with Crippen molar-refractivity contribution in [2.24, 2.45) is 0 Å². The molecule has 5 heteroatoms. The van der Waals surface area contributed by atoms with Crippen molar-refractivity contribution in [3.63, 3.8) is 0 Å². The number of fused-ring (bicyclic) bond motifs is 1. The standard InChI is InChI=1S/C24H20O4S/c1-14(2)17-8-6-16(7-9-17)12-20-23(25)22-15(3)11-18(13-19(22)28-20)27-24(26)21-5-4-10-29-21/h4-14H,1-3H3/b20-12-. The number of Topliss-reactive ketones (excluding diaryl/α,β-unsaturated/α-hetero) is 1. The van der Waals surface area contributed by atoms with E-state index in [9.17, 15) is 9.59 Å². The smallest absolute Gasteiger partial charge is 0.353 e. The molecule has 0 N–H and O–H groups in total. The van der Waals surface area contributed by atoms with E-state index in [2.05, 4.69) is 26.0 Å². The lowest BCUT2D eigenvalue weighted by Gasteiger charge is -2.07. The van der Waals surface area contributed by atoms with Crippen LogP contribution in [0.5, 0.6) is 11.5 Å². The Morgan fingerprint density at radius 3 is 2.55 bits per heavy atom. The van der Waals surface area contributed by atoms with Gasteiger partial charge in [0.05, 0.1) is 5.56 Å². The molecule has 1 aromatic heterocycles. The van der Waals surface area contributed by atoms with Gasteiger partial charge in [0.1, 0.15) is 16.4 Å². The van der Waals surface area contributed by atoms with Crippen LogP contribution in [-0.2, 0) is 0 Å². The van der Waals surface area contributed by atoms with Crippen LogP contribution in [-0.4, -0.2) is 11.8 Å². The molecule has 0 amide bonds. The van der Waals surface area contributed by atoms with Gasteiger partial charge < -0.3 is 9.47 Å². The molecule has 0 saturated heterocycles. The Kier molecular flexibility index (Phi) is 5.07. The van der Waals surface area contributed by atoms with Crippen LogP contribution in [0.25, 0.3) is 6.08 Å². The highest BCUT2D eigenvalue weighted by Gasteiger charge is 2.30. The molecule has 2 heterocycles. The van der Waals surface area contributed by atoms with Gasteiger partial charge in [-0.1, -0.05) is 44.2 Å². The minimum Gasteiger partial charge on any atom is -0.452 e. The number of rotatable bonds is 4. The van der Waals surface area contributed by atoms with Gasteiger partial charge in [0.25, 0.3) is 0 Å². The summed E-state index contributed by atoms with van der Waals surface area (Å²) in [7, 11) is 0. The van der Waals surface area contributed by atoms with E-state index in [1.54, 1.807) is 30.3 Å². The van der Waals surface area contributed by atoms with Gasteiger partial charge in [0, 0.05) is 6.07 Å². The monoisotopic (exact) mass is 404 g/mol.